The molecule has 1 aromatic rings. The Balaban J connectivity index is 1.82. The molecule has 0 spiro atoms. The molecule has 0 aromatic heterocycles. The fraction of sp³-hybridized carbons (Fsp3) is 0.571. The van der Waals surface area contributed by atoms with Crippen molar-refractivity contribution in [1.29, 1.82) is 0 Å². The lowest BCUT2D eigenvalue weighted by atomic mass is 9.84. The summed E-state index contributed by atoms with van der Waals surface area (Å²) >= 11 is 3.42. The number of halogens is 1. The van der Waals surface area contributed by atoms with E-state index in [1.807, 2.05) is 24.3 Å². The Hall–Kier alpha value is -0.540. The van der Waals surface area contributed by atoms with Crippen LogP contribution in [-0.2, 0) is 0 Å². The van der Waals surface area contributed by atoms with Gasteiger partial charge in [0.25, 0.3) is 0 Å². The largest absolute Gasteiger partial charge is 0.494 e. The highest BCUT2D eigenvalue weighted by Gasteiger charge is 2.32. The van der Waals surface area contributed by atoms with E-state index in [-0.39, 0.29) is 5.41 Å². The van der Waals surface area contributed by atoms with Crippen LogP contribution in [-0.4, -0.2) is 18.3 Å². The van der Waals surface area contributed by atoms with Crippen LogP contribution in [0.15, 0.2) is 28.7 Å². The molecule has 1 aliphatic rings. The van der Waals surface area contributed by atoms with Gasteiger partial charge >= 0.3 is 0 Å². The molecule has 0 amide bonds. The van der Waals surface area contributed by atoms with Crippen molar-refractivity contribution >= 4 is 15.9 Å². The standard InChI is InChI=1S/C14H19BrO2/c15-12-4-3-5-13(10-12)17-9-8-14(11-16)6-1-2-7-14/h3-5,10,16H,1-2,6-9,11H2. The SMILES string of the molecule is OCC1(CCOc2cccc(Br)c2)CCCC1. The van der Waals surface area contributed by atoms with Gasteiger partial charge in [-0.1, -0.05) is 34.8 Å². The van der Waals surface area contributed by atoms with Gasteiger partial charge in [0, 0.05) is 11.1 Å². The highest BCUT2D eigenvalue weighted by molar-refractivity contribution is 9.10. The fourth-order valence-corrected chi connectivity index (χ4v) is 2.93. The fourth-order valence-electron chi connectivity index (χ4n) is 2.55. The van der Waals surface area contributed by atoms with Crippen molar-refractivity contribution < 1.29 is 9.84 Å². The van der Waals surface area contributed by atoms with E-state index in [0.29, 0.717) is 13.2 Å². The Labute approximate surface area is 111 Å². The average molecular weight is 299 g/mol. The number of hydrogen-bond donors (Lipinski definition) is 1. The summed E-state index contributed by atoms with van der Waals surface area (Å²) in [5, 5.41) is 9.49. The number of benzene rings is 1. The summed E-state index contributed by atoms with van der Waals surface area (Å²) in [4.78, 5) is 0. The summed E-state index contributed by atoms with van der Waals surface area (Å²) in [5.74, 6) is 0.894. The van der Waals surface area contributed by atoms with Gasteiger partial charge in [-0.05, 0) is 42.9 Å². The normalized spacial score (nSPS) is 18.2. The third kappa shape index (κ3) is 3.46. The molecule has 2 nitrogen and oxygen atoms in total. The summed E-state index contributed by atoms with van der Waals surface area (Å²) < 4.78 is 6.77. The topological polar surface area (TPSA) is 29.5 Å². The molecule has 0 atom stereocenters. The van der Waals surface area contributed by atoms with E-state index < -0.39 is 0 Å². The van der Waals surface area contributed by atoms with Crippen molar-refractivity contribution in [3.8, 4) is 5.75 Å². The lowest BCUT2D eigenvalue weighted by Crippen LogP contribution is -2.24. The van der Waals surface area contributed by atoms with Gasteiger partial charge in [-0.15, -0.1) is 0 Å². The van der Waals surface area contributed by atoms with E-state index in [1.54, 1.807) is 0 Å². The Morgan fingerprint density at radius 2 is 2.06 bits per heavy atom. The van der Waals surface area contributed by atoms with Crippen molar-refractivity contribution in [2.24, 2.45) is 5.41 Å². The minimum absolute atomic E-state index is 0.131. The zero-order valence-electron chi connectivity index (χ0n) is 9.99. The maximum Gasteiger partial charge on any atom is 0.120 e. The van der Waals surface area contributed by atoms with E-state index >= 15 is 0 Å². The van der Waals surface area contributed by atoms with E-state index in [9.17, 15) is 5.11 Å². The van der Waals surface area contributed by atoms with Crippen molar-refractivity contribution in [1.82, 2.24) is 0 Å². The Kier molecular flexibility index (Phi) is 4.46. The molecule has 1 aromatic carbocycles. The molecule has 0 unspecified atom stereocenters. The van der Waals surface area contributed by atoms with Crippen molar-refractivity contribution in [3.05, 3.63) is 28.7 Å². The van der Waals surface area contributed by atoms with Crippen molar-refractivity contribution in [3.63, 3.8) is 0 Å². The van der Waals surface area contributed by atoms with Crippen LogP contribution in [0.5, 0.6) is 5.75 Å². The minimum atomic E-state index is 0.131. The predicted octanol–water partition coefficient (Wildman–Crippen LogP) is 3.77. The number of ether oxygens (including phenoxy) is 1. The molecule has 3 heteroatoms. The summed E-state index contributed by atoms with van der Waals surface area (Å²) in [6.07, 6.45) is 5.74. The second kappa shape index (κ2) is 5.87. The zero-order chi connectivity index (χ0) is 12.1. The van der Waals surface area contributed by atoms with Gasteiger partial charge in [0.2, 0.25) is 0 Å². The first-order valence-electron chi connectivity index (χ1n) is 6.23. The predicted molar refractivity (Wildman–Crippen MR) is 72.2 cm³/mol. The molecule has 2 rings (SSSR count). The van der Waals surface area contributed by atoms with Gasteiger partial charge in [-0.2, -0.15) is 0 Å². The first-order valence-corrected chi connectivity index (χ1v) is 7.03. The third-order valence-electron chi connectivity index (χ3n) is 3.70. The van der Waals surface area contributed by atoms with Gasteiger partial charge < -0.3 is 9.84 Å². The summed E-state index contributed by atoms with van der Waals surface area (Å²) in [7, 11) is 0. The van der Waals surface area contributed by atoms with E-state index in [1.165, 1.54) is 12.8 Å². The van der Waals surface area contributed by atoms with Gasteiger partial charge in [-0.25, -0.2) is 0 Å². The first kappa shape index (κ1) is 12.9. The molecular formula is C14H19BrO2. The molecule has 0 bridgehead atoms. The van der Waals surface area contributed by atoms with Crippen LogP contribution in [0.4, 0.5) is 0 Å². The Morgan fingerprint density at radius 1 is 1.29 bits per heavy atom. The molecule has 0 heterocycles. The maximum absolute atomic E-state index is 9.49. The van der Waals surface area contributed by atoms with Crippen LogP contribution in [0.2, 0.25) is 0 Å². The second-order valence-corrected chi connectivity index (χ2v) is 5.84. The first-order chi connectivity index (χ1) is 8.24. The van der Waals surface area contributed by atoms with Crippen LogP contribution >= 0.6 is 15.9 Å². The number of aliphatic hydroxyl groups is 1. The Morgan fingerprint density at radius 3 is 2.71 bits per heavy atom. The van der Waals surface area contributed by atoms with Crippen molar-refractivity contribution in [2.75, 3.05) is 13.2 Å². The van der Waals surface area contributed by atoms with Gasteiger partial charge in [0.05, 0.1) is 6.61 Å². The molecule has 0 radical (unpaired) electrons. The molecule has 1 N–H and O–H groups in total. The number of aliphatic hydroxyl groups excluding tert-OH is 1. The van der Waals surface area contributed by atoms with Crippen LogP contribution in [0.25, 0.3) is 0 Å². The van der Waals surface area contributed by atoms with Crippen LogP contribution in [0.1, 0.15) is 32.1 Å². The number of hydrogen-bond acceptors (Lipinski definition) is 2. The lowest BCUT2D eigenvalue weighted by Gasteiger charge is -2.26. The lowest BCUT2D eigenvalue weighted by molar-refractivity contribution is 0.101. The molecule has 94 valence electrons. The van der Waals surface area contributed by atoms with Crippen molar-refractivity contribution in [2.45, 2.75) is 32.1 Å². The molecule has 0 saturated heterocycles. The highest BCUT2D eigenvalue weighted by atomic mass is 79.9. The van der Waals surface area contributed by atoms with Gasteiger partial charge in [0.1, 0.15) is 5.75 Å². The van der Waals surface area contributed by atoms with Crippen LogP contribution in [0.3, 0.4) is 0 Å². The summed E-state index contributed by atoms with van der Waals surface area (Å²) in [6, 6.07) is 7.89. The van der Waals surface area contributed by atoms with Gasteiger partial charge in [0.15, 0.2) is 0 Å². The maximum atomic E-state index is 9.49. The molecule has 17 heavy (non-hydrogen) atoms. The third-order valence-corrected chi connectivity index (χ3v) is 4.19. The molecule has 0 aliphatic heterocycles. The Bertz CT molecular complexity index is 359. The minimum Gasteiger partial charge on any atom is -0.494 e. The molecular weight excluding hydrogens is 280 g/mol. The van der Waals surface area contributed by atoms with E-state index in [4.69, 9.17) is 4.74 Å². The van der Waals surface area contributed by atoms with E-state index in [0.717, 1.165) is 29.5 Å². The van der Waals surface area contributed by atoms with Gasteiger partial charge in [-0.3, -0.25) is 0 Å². The highest BCUT2D eigenvalue weighted by Crippen LogP contribution is 2.40. The smallest absolute Gasteiger partial charge is 0.120 e. The van der Waals surface area contributed by atoms with Crippen LogP contribution < -0.4 is 4.74 Å². The summed E-state index contributed by atoms with van der Waals surface area (Å²) in [5.41, 5.74) is 0.131. The quantitative estimate of drug-likeness (QED) is 0.897. The molecule has 1 aliphatic carbocycles. The zero-order valence-corrected chi connectivity index (χ0v) is 11.6. The molecule has 1 saturated carbocycles. The monoisotopic (exact) mass is 298 g/mol. The molecule has 1 fully saturated rings. The van der Waals surface area contributed by atoms with E-state index in [2.05, 4.69) is 15.9 Å². The number of rotatable bonds is 5. The second-order valence-electron chi connectivity index (χ2n) is 4.92. The summed E-state index contributed by atoms with van der Waals surface area (Å²) in [6.45, 7) is 0.992. The average Bonchev–Trinajstić information content (AvgIpc) is 2.79. The van der Waals surface area contributed by atoms with Crippen LogP contribution in [0, 0.1) is 5.41 Å².